The minimum Gasteiger partial charge on any atom is -0.468 e. The molecule has 0 aliphatic heterocycles. The number of carbonyl (C=O) groups excluding carboxylic acids is 1. The molecule has 0 aromatic carbocycles. The molecule has 4 heteroatoms. The second-order valence-corrected chi connectivity index (χ2v) is 7.19. The van der Waals surface area contributed by atoms with Gasteiger partial charge < -0.3 is 14.8 Å². The zero-order chi connectivity index (χ0) is 15.9. The highest BCUT2D eigenvalue weighted by Crippen LogP contribution is 2.36. The molecule has 0 saturated heterocycles. The highest BCUT2D eigenvalue weighted by Gasteiger charge is 2.33. The van der Waals surface area contributed by atoms with E-state index >= 15 is 0 Å². The summed E-state index contributed by atoms with van der Waals surface area (Å²) in [5.74, 6) is -0.191. The topological polar surface area (TPSA) is 47.6 Å². The van der Waals surface area contributed by atoms with E-state index in [0.717, 1.165) is 38.8 Å². The first-order valence-electron chi connectivity index (χ1n) is 8.28. The fraction of sp³-hybridized carbons (Fsp3) is 0.941. The molecule has 1 N–H and O–H groups in total. The van der Waals surface area contributed by atoms with Gasteiger partial charge in [0.15, 0.2) is 0 Å². The van der Waals surface area contributed by atoms with Gasteiger partial charge in [-0.05, 0) is 57.4 Å². The lowest BCUT2D eigenvalue weighted by molar-refractivity contribution is -0.148. The fourth-order valence-electron chi connectivity index (χ4n) is 3.09. The summed E-state index contributed by atoms with van der Waals surface area (Å²) in [5, 5.41) is 3.23. The lowest BCUT2D eigenvalue weighted by Gasteiger charge is -2.34. The standard InChI is InChI=1S/C17H33NO3/c1-6-18-17(4,15(19)20-5)10-7-13-21-14-8-11-16(2,3)12-9-14/h14,18H,6-13H2,1-5H3. The van der Waals surface area contributed by atoms with Gasteiger partial charge in [-0.15, -0.1) is 0 Å². The lowest BCUT2D eigenvalue weighted by atomic mass is 9.76. The Morgan fingerprint density at radius 1 is 1.33 bits per heavy atom. The Balaban J connectivity index is 2.27. The Morgan fingerprint density at radius 2 is 1.95 bits per heavy atom. The van der Waals surface area contributed by atoms with E-state index in [1.165, 1.54) is 20.0 Å². The molecular formula is C17H33NO3. The van der Waals surface area contributed by atoms with Crippen molar-refractivity contribution in [1.29, 1.82) is 0 Å². The quantitative estimate of drug-likeness (QED) is 0.552. The number of nitrogens with one attached hydrogen (secondary N) is 1. The molecule has 1 fully saturated rings. The van der Waals surface area contributed by atoms with Crippen molar-refractivity contribution in [3.63, 3.8) is 0 Å². The molecule has 0 heterocycles. The molecule has 0 radical (unpaired) electrons. The van der Waals surface area contributed by atoms with Gasteiger partial charge in [-0.2, -0.15) is 0 Å². The minimum absolute atomic E-state index is 0.191. The monoisotopic (exact) mass is 299 g/mol. The number of carbonyl (C=O) groups is 1. The van der Waals surface area contributed by atoms with E-state index in [9.17, 15) is 4.79 Å². The minimum atomic E-state index is -0.596. The summed E-state index contributed by atoms with van der Waals surface area (Å²) >= 11 is 0. The third-order valence-electron chi connectivity index (χ3n) is 4.66. The van der Waals surface area contributed by atoms with E-state index in [1.807, 2.05) is 13.8 Å². The normalized spacial score (nSPS) is 21.8. The van der Waals surface area contributed by atoms with Gasteiger partial charge in [0, 0.05) is 6.61 Å². The number of likely N-dealkylation sites (N-methyl/N-ethyl adjacent to an activating group) is 1. The second kappa shape index (κ2) is 8.14. The summed E-state index contributed by atoms with van der Waals surface area (Å²) in [6.45, 7) is 10.1. The first-order chi connectivity index (χ1) is 9.83. The van der Waals surface area contributed by atoms with Crippen molar-refractivity contribution in [1.82, 2.24) is 5.32 Å². The molecular weight excluding hydrogens is 266 g/mol. The van der Waals surface area contributed by atoms with E-state index in [4.69, 9.17) is 9.47 Å². The van der Waals surface area contributed by atoms with Crippen molar-refractivity contribution in [2.75, 3.05) is 20.3 Å². The van der Waals surface area contributed by atoms with Crippen LogP contribution in [0.3, 0.4) is 0 Å². The van der Waals surface area contributed by atoms with Crippen LogP contribution in [0, 0.1) is 5.41 Å². The molecule has 1 unspecified atom stereocenters. The molecule has 1 atom stereocenters. The largest absolute Gasteiger partial charge is 0.468 e. The van der Waals surface area contributed by atoms with Gasteiger partial charge in [0.05, 0.1) is 13.2 Å². The highest BCUT2D eigenvalue weighted by atomic mass is 16.5. The van der Waals surface area contributed by atoms with E-state index in [1.54, 1.807) is 0 Å². The van der Waals surface area contributed by atoms with Crippen LogP contribution in [0.5, 0.6) is 0 Å². The molecule has 1 saturated carbocycles. The van der Waals surface area contributed by atoms with Crippen molar-refractivity contribution in [2.24, 2.45) is 5.41 Å². The van der Waals surface area contributed by atoms with Crippen LogP contribution in [0.1, 0.15) is 66.2 Å². The zero-order valence-electron chi connectivity index (χ0n) is 14.5. The summed E-state index contributed by atoms with van der Waals surface area (Å²) in [6.07, 6.45) is 6.83. The Hall–Kier alpha value is -0.610. The van der Waals surface area contributed by atoms with Crippen LogP contribution in [0.2, 0.25) is 0 Å². The molecule has 0 amide bonds. The van der Waals surface area contributed by atoms with Crippen molar-refractivity contribution < 1.29 is 14.3 Å². The third-order valence-corrected chi connectivity index (χ3v) is 4.66. The number of esters is 1. The van der Waals surface area contributed by atoms with Crippen LogP contribution in [0.15, 0.2) is 0 Å². The SMILES string of the molecule is CCNC(C)(CCCOC1CCC(C)(C)CC1)C(=O)OC. The molecule has 21 heavy (non-hydrogen) atoms. The Bertz CT molecular complexity index is 320. The van der Waals surface area contributed by atoms with Gasteiger partial charge in [-0.25, -0.2) is 0 Å². The predicted molar refractivity (Wildman–Crippen MR) is 85.3 cm³/mol. The van der Waals surface area contributed by atoms with Gasteiger partial charge in [-0.3, -0.25) is 4.79 Å². The predicted octanol–water partition coefficient (Wildman–Crippen LogP) is 3.29. The Labute approximate surface area is 130 Å². The van der Waals surface area contributed by atoms with Crippen LogP contribution in [0.25, 0.3) is 0 Å². The summed E-state index contributed by atoms with van der Waals surface area (Å²) in [6, 6.07) is 0. The van der Waals surface area contributed by atoms with Crippen LogP contribution in [-0.2, 0) is 14.3 Å². The molecule has 1 aliphatic carbocycles. The maximum Gasteiger partial charge on any atom is 0.325 e. The number of hydrogen-bond donors (Lipinski definition) is 1. The summed E-state index contributed by atoms with van der Waals surface area (Å²) in [5.41, 5.74) is -0.115. The van der Waals surface area contributed by atoms with Crippen molar-refractivity contribution in [3.8, 4) is 0 Å². The molecule has 1 rings (SSSR count). The van der Waals surface area contributed by atoms with E-state index in [0.29, 0.717) is 11.5 Å². The van der Waals surface area contributed by atoms with E-state index in [2.05, 4.69) is 19.2 Å². The second-order valence-electron chi connectivity index (χ2n) is 7.19. The number of ether oxygens (including phenoxy) is 2. The Kier molecular flexibility index (Phi) is 7.14. The van der Waals surface area contributed by atoms with Crippen molar-refractivity contribution >= 4 is 5.97 Å². The highest BCUT2D eigenvalue weighted by molar-refractivity contribution is 5.80. The number of rotatable bonds is 8. The smallest absolute Gasteiger partial charge is 0.325 e. The van der Waals surface area contributed by atoms with E-state index < -0.39 is 5.54 Å². The summed E-state index contributed by atoms with van der Waals surface area (Å²) < 4.78 is 10.9. The molecule has 124 valence electrons. The zero-order valence-corrected chi connectivity index (χ0v) is 14.5. The average molecular weight is 299 g/mol. The van der Waals surface area contributed by atoms with Crippen molar-refractivity contribution in [2.45, 2.75) is 77.9 Å². The first kappa shape index (κ1) is 18.4. The maximum absolute atomic E-state index is 11.9. The van der Waals surface area contributed by atoms with Gasteiger partial charge >= 0.3 is 5.97 Å². The molecule has 0 aromatic rings. The van der Waals surface area contributed by atoms with Crippen LogP contribution in [-0.4, -0.2) is 37.9 Å². The van der Waals surface area contributed by atoms with Crippen LogP contribution >= 0.6 is 0 Å². The maximum atomic E-state index is 11.9. The third kappa shape index (κ3) is 5.95. The number of hydrogen-bond acceptors (Lipinski definition) is 4. The van der Waals surface area contributed by atoms with Gasteiger partial charge in [-0.1, -0.05) is 20.8 Å². The van der Waals surface area contributed by atoms with Gasteiger partial charge in [0.2, 0.25) is 0 Å². The molecule has 0 aromatic heterocycles. The first-order valence-corrected chi connectivity index (χ1v) is 8.28. The molecule has 1 aliphatic rings. The van der Waals surface area contributed by atoms with Crippen molar-refractivity contribution in [3.05, 3.63) is 0 Å². The number of methoxy groups -OCH3 is 1. The van der Waals surface area contributed by atoms with E-state index in [-0.39, 0.29) is 5.97 Å². The van der Waals surface area contributed by atoms with Gasteiger partial charge in [0.25, 0.3) is 0 Å². The lowest BCUT2D eigenvalue weighted by Crippen LogP contribution is -2.50. The Morgan fingerprint density at radius 3 is 2.48 bits per heavy atom. The van der Waals surface area contributed by atoms with Gasteiger partial charge in [0.1, 0.15) is 5.54 Å². The fourth-order valence-corrected chi connectivity index (χ4v) is 3.09. The molecule has 4 nitrogen and oxygen atoms in total. The summed E-state index contributed by atoms with van der Waals surface area (Å²) in [4.78, 5) is 11.9. The van der Waals surface area contributed by atoms with Crippen LogP contribution < -0.4 is 5.32 Å². The summed E-state index contributed by atoms with van der Waals surface area (Å²) in [7, 11) is 1.44. The molecule has 0 bridgehead atoms. The van der Waals surface area contributed by atoms with Crippen LogP contribution in [0.4, 0.5) is 0 Å². The molecule has 0 spiro atoms. The average Bonchev–Trinajstić information content (AvgIpc) is 2.44.